The zero-order chi connectivity index (χ0) is 21.1. The summed E-state index contributed by atoms with van der Waals surface area (Å²) in [4.78, 5) is 27.8. The minimum atomic E-state index is -0.279. The Morgan fingerprint density at radius 3 is 2.73 bits per heavy atom. The van der Waals surface area contributed by atoms with E-state index in [1.165, 1.54) is 11.6 Å². The van der Waals surface area contributed by atoms with E-state index >= 15 is 0 Å². The molecule has 0 aliphatic carbocycles. The van der Waals surface area contributed by atoms with Gasteiger partial charge in [-0.1, -0.05) is 22.9 Å². The molecule has 4 rings (SSSR count). The molecule has 1 saturated heterocycles. The Morgan fingerprint density at radius 2 is 2.03 bits per heavy atom. The lowest BCUT2D eigenvalue weighted by molar-refractivity contribution is -0.114. The zero-order valence-corrected chi connectivity index (χ0v) is 17.1. The van der Waals surface area contributed by atoms with Crippen LogP contribution in [0.1, 0.15) is 24.2 Å². The first-order valence-electron chi connectivity index (χ1n) is 9.53. The first-order chi connectivity index (χ1) is 14.5. The molecular formula is C18H22ClN9O2. The Kier molecular flexibility index (Phi) is 5.93. The highest BCUT2D eigenvalue weighted by atomic mass is 35.5. The number of hydrogen-bond donors (Lipinski definition) is 3. The first kappa shape index (κ1) is 20.3. The van der Waals surface area contributed by atoms with E-state index in [0.29, 0.717) is 23.9 Å². The van der Waals surface area contributed by atoms with Gasteiger partial charge in [0.1, 0.15) is 0 Å². The summed E-state index contributed by atoms with van der Waals surface area (Å²) in [5.74, 6) is 0.129. The maximum atomic E-state index is 12.7. The molecular weight excluding hydrogens is 410 g/mol. The molecule has 0 saturated carbocycles. The van der Waals surface area contributed by atoms with E-state index in [0.717, 1.165) is 30.8 Å². The summed E-state index contributed by atoms with van der Waals surface area (Å²) in [6, 6.07) is 7.15. The van der Waals surface area contributed by atoms with Crippen molar-refractivity contribution in [2.24, 2.45) is 10.3 Å². The van der Waals surface area contributed by atoms with Crippen LogP contribution in [0.4, 0.5) is 10.6 Å². The molecule has 3 N–H and O–H groups in total. The van der Waals surface area contributed by atoms with E-state index in [-0.39, 0.29) is 18.1 Å². The van der Waals surface area contributed by atoms with Gasteiger partial charge in [-0.25, -0.2) is 10.3 Å². The molecule has 2 aliphatic heterocycles. The number of carbonyl (C=O) groups excluding carboxylic acids is 2. The van der Waals surface area contributed by atoms with Gasteiger partial charge in [-0.2, -0.15) is 10.1 Å². The third-order valence-electron chi connectivity index (χ3n) is 4.95. The van der Waals surface area contributed by atoms with Crippen molar-refractivity contribution < 1.29 is 9.59 Å². The van der Waals surface area contributed by atoms with Gasteiger partial charge >= 0.3 is 6.03 Å². The second-order valence-corrected chi connectivity index (χ2v) is 7.53. The van der Waals surface area contributed by atoms with Crippen LogP contribution in [0.5, 0.6) is 0 Å². The Hall–Kier alpha value is -3.02. The molecule has 12 heteroatoms. The minimum Gasteiger partial charge on any atom is -0.320 e. The predicted molar refractivity (Wildman–Crippen MR) is 109 cm³/mol. The molecule has 2 aliphatic rings. The van der Waals surface area contributed by atoms with Gasteiger partial charge in [0, 0.05) is 62.5 Å². The fourth-order valence-electron chi connectivity index (χ4n) is 3.47. The predicted octanol–water partition coefficient (Wildman–Crippen LogP) is 1.75. The van der Waals surface area contributed by atoms with Crippen LogP contribution in [0.15, 0.2) is 40.8 Å². The van der Waals surface area contributed by atoms with Crippen LogP contribution in [-0.2, 0) is 11.3 Å². The summed E-state index contributed by atoms with van der Waals surface area (Å²) in [7, 11) is 0. The largest absolute Gasteiger partial charge is 0.344 e. The van der Waals surface area contributed by atoms with Gasteiger partial charge in [-0.05, 0) is 17.7 Å². The highest BCUT2D eigenvalue weighted by molar-refractivity contribution is 6.30. The third kappa shape index (κ3) is 4.58. The molecule has 2 amide bonds. The maximum Gasteiger partial charge on any atom is 0.344 e. The minimum absolute atomic E-state index is 0.208. The van der Waals surface area contributed by atoms with Gasteiger partial charge in [-0.3, -0.25) is 9.69 Å². The quantitative estimate of drug-likeness (QED) is 0.678. The first-order valence-corrected chi connectivity index (χ1v) is 9.91. The standard InChI is InChI=1S/C18H22ClN9O2/c1-12(29)20-16-4-5-28(23-16)18(30)27-8-6-26(7-9-27)11-13-2-3-14(19)10-15(13)17-21-24-25-22-17/h2-5,10,17H,6-9,11H2,1H3,(H,21,25)(H,22,24)(H,20,23,29). The molecule has 2 aromatic rings. The van der Waals surface area contributed by atoms with Crippen LogP contribution in [0.3, 0.4) is 0 Å². The number of hydrazine groups is 1. The SMILES string of the molecule is CC(=O)Nc1ccn(C(=O)N2CCN(Cc3ccc(Cl)cc3C3N=NNN3)CC2)n1. The Labute approximate surface area is 178 Å². The number of nitrogens with zero attached hydrogens (tertiary/aromatic N) is 6. The van der Waals surface area contributed by atoms with E-state index in [9.17, 15) is 9.59 Å². The molecule has 3 heterocycles. The number of benzene rings is 1. The molecule has 1 fully saturated rings. The van der Waals surface area contributed by atoms with Crippen molar-refractivity contribution in [3.63, 3.8) is 0 Å². The zero-order valence-electron chi connectivity index (χ0n) is 16.4. The smallest absolute Gasteiger partial charge is 0.320 e. The van der Waals surface area contributed by atoms with Crippen molar-refractivity contribution in [3.8, 4) is 0 Å². The van der Waals surface area contributed by atoms with Crippen LogP contribution in [-0.4, -0.2) is 57.7 Å². The highest BCUT2D eigenvalue weighted by Crippen LogP contribution is 2.26. The molecule has 1 aromatic heterocycles. The number of nitrogens with one attached hydrogen (secondary N) is 3. The highest BCUT2D eigenvalue weighted by Gasteiger charge is 2.25. The summed E-state index contributed by atoms with van der Waals surface area (Å²) in [5, 5.41) is 15.2. The average Bonchev–Trinajstić information content (AvgIpc) is 3.41. The molecule has 0 bridgehead atoms. The number of halogens is 1. The van der Waals surface area contributed by atoms with Crippen LogP contribution in [0, 0.1) is 0 Å². The summed E-state index contributed by atoms with van der Waals surface area (Å²) in [5.41, 5.74) is 7.70. The van der Waals surface area contributed by atoms with E-state index in [4.69, 9.17) is 11.6 Å². The molecule has 1 atom stereocenters. The van der Waals surface area contributed by atoms with Gasteiger partial charge in [-0.15, -0.1) is 10.2 Å². The topological polar surface area (TPSA) is 119 Å². The number of carbonyl (C=O) groups is 2. The molecule has 0 radical (unpaired) electrons. The fourth-order valence-corrected chi connectivity index (χ4v) is 3.65. The van der Waals surface area contributed by atoms with Crippen LogP contribution in [0.25, 0.3) is 0 Å². The Balaban J connectivity index is 1.36. The van der Waals surface area contributed by atoms with Gasteiger partial charge < -0.3 is 10.2 Å². The van der Waals surface area contributed by atoms with Crippen molar-refractivity contribution in [2.75, 3.05) is 31.5 Å². The van der Waals surface area contributed by atoms with E-state index < -0.39 is 0 Å². The van der Waals surface area contributed by atoms with Crippen molar-refractivity contribution in [3.05, 3.63) is 46.6 Å². The molecule has 0 spiro atoms. The molecule has 158 valence electrons. The second kappa shape index (κ2) is 8.78. The van der Waals surface area contributed by atoms with E-state index in [1.807, 2.05) is 18.2 Å². The summed E-state index contributed by atoms with van der Waals surface area (Å²) in [6.45, 7) is 4.74. The van der Waals surface area contributed by atoms with Gasteiger partial charge in [0.05, 0.1) is 0 Å². The number of amides is 2. The summed E-state index contributed by atoms with van der Waals surface area (Å²) in [6.07, 6.45) is 1.27. The number of piperazine rings is 1. The van der Waals surface area contributed by atoms with E-state index in [2.05, 4.69) is 36.6 Å². The van der Waals surface area contributed by atoms with Crippen molar-refractivity contribution in [1.82, 2.24) is 30.5 Å². The molecule has 11 nitrogen and oxygen atoms in total. The monoisotopic (exact) mass is 431 g/mol. The van der Waals surface area contributed by atoms with Gasteiger partial charge in [0.2, 0.25) is 5.91 Å². The number of hydrogen-bond acceptors (Lipinski definition) is 8. The third-order valence-corrected chi connectivity index (χ3v) is 5.19. The fraction of sp³-hybridized carbons (Fsp3) is 0.389. The summed E-state index contributed by atoms with van der Waals surface area (Å²) < 4.78 is 1.25. The lowest BCUT2D eigenvalue weighted by atomic mass is 10.0. The Bertz CT molecular complexity index is 968. The molecule has 1 aromatic carbocycles. The Morgan fingerprint density at radius 1 is 1.23 bits per heavy atom. The molecule has 1 unspecified atom stereocenters. The lowest BCUT2D eigenvalue weighted by Gasteiger charge is -2.34. The van der Waals surface area contributed by atoms with Crippen molar-refractivity contribution in [1.29, 1.82) is 0 Å². The van der Waals surface area contributed by atoms with E-state index in [1.54, 1.807) is 17.2 Å². The number of anilines is 1. The number of aromatic nitrogens is 2. The summed E-state index contributed by atoms with van der Waals surface area (Å²) >= 11 is 6.17. The van der Waals surface area contributed by atoms with Gasteiger partial charge in [0.25, 0.3) is 0 Å². The lowest BCUT2D eigenvalue weighted by Crippen LogP contribution is -2.49. The molecule has 30 heavy (non-hydrogen) atoms. The maximum absolute atomic E-state index is 12.7. The van der Waals surface area contributed by atoms with Crippen LogP contribution >= 0.6 is 11.6 Å². The van der Waals surface area contributed by atoms with Crippen molar-refractivity contribution in [2.45, 2.75) is 19.6 Å². The van der Waals surface area contributed by atoms with Crippen LogP contribution in [0.2, 0.25) is 5.02 Å². The van der Waals surface area contributed by atoms with Crippen molar-refractivity contribution >= 4 is 29.4 Å². The second-order valence-electron chi connectivity index (χ2n) is 7.09. The average molecular weight is 432 g/mol. The normalized spacial score (nSPS) is 19.0. The van der Waals surface area contributed by atoms with Crippen LogP contribution < -0.4 is 16.3 Å². The number of rotatable bonds is 4. The van der Waals surface area contributed by atoms with Gasteiger partial charge in [0.15, 0.2) is 12.0 Å².